The standard InChI is InChI=1S/C17H28N2O2/c1-14(2)5-4-12-21-17-7-6-15(20-3)13-16(17)19-10-8-18-9-11-19/h6-7,13-14,18H,4-5,8-12H2,1-3H3. The van der Waals surface area contributed by atoms with E-state index < -0.39 is 0 Å². The molecule has 4 nitrogen and oxygen atoms in total. The largest absolute Gasteiger partial charge is 0.497 e. The number of ether oxygens (including phenoxy) is 2. The van der Waals surface area contributed by atoms with Crippen LogP contribution in [0.4, 0.5) is 5.69 Å². The van der Waals surface area contributed by atoms with Gasteiger partial charge < -0.3 is 19.7 Å². The zero-order valence-electron chi connectivity index (χ0n) is 13.5. The molecule has 1 saturated heterocycles. The second-order valence-corrected chi connectivity index (χ2v) is 5.96. The lowest BCUT2D eigenvalue weighted by Gasteiger charge is -2.31. The van der Waals surface area contributed by atoms with Crippen LogP contribution in [0.25, 0.3) is 0 Å². The molecule has 1 aliphatic heterocycles. The molecule has 1 aromatic carbocycles. The Balaban J connectivity index is 2.03. The predicted molar refractivity (Wildman–Crippen MR) is 87.6 cm³/mol. The third kappa shape index (κ3) is 4.81. The number of nitrogens with zero attached hydrogens (tertiary/aromatic N) is 1. The Morgan fingerprint density at radius 2 is 2.00 bits per heavy atom. The minimum atomic E-state index is 0.733. The quantitative estimate of drug-likeness (QED) is 0.784. The Bertz CT molecular complexity index is 429. The lowest BCUT2D eigenvalue weighted by Crippen LogP contribution is -2.43. The molecule has 2 rings (SSSR count). The van der Waals surface area contributed by atoms with Gasteiger partial charge in [0.15, 0.2) is 0 Å². The van der Waals surface area contributed by atoms with Crippen LogP contribution in [0.5, 0.6) is 11.5 Å². The molecule has 21 heavy (non-hydrogen) atoms. The number of hydrogen-bond acceptors (Lipinski definition) is 4. The highest BCUT2D eigenvalue weighted by Crippen LogP contribution is 2.33. The first-order valence-electron chi connectivity index (χ1n) is 7.97. The van der Waals surface area contributed by atoms with E-state index in [1.54, 1.807) is 7.11 Å². The SMILES string of the molecule is COc1ccc(OCCCC(C)C)c(N2CCNCC2)c1. The minimum Gasteiger partial charge on any atom is -0.497 e. The van der Waals surface area contributed by atoms with Crippen LogP contribution in [0.2, 0.25) is 0 Å². The van der Waals surface area contributed by atoms with E-state index in [0.717, 1.165) is 62.3 Å². The van der Waals surface area contributed by atoms with Crippen molar-refractivity contribution < 1.29 is 9.47 Å². The highest BCUT2D eigenvalue weighted by atomic mass is 16.5. The van der Waals surface area contributed by atoms with Gasteiger partial charge in [-0.3, -0.25) is 0 Å². The van der Waals surface area contributed by atoms with E-state index in [2.05, 4.69) is 30.1 Å². The van der Waals surface area contributed by atoms with Crippen LogP contribution in [0.15, 0.2) is 18.2 Å². The van der Waals surface area contributed by atoms with Gasteiger partial charge >= 0.3 is 0 Å². The fourth-order valence-corrected chi connectivity index (χ4v) is 2.57. The fourth-order valence-electron chi connectivity index (χ4n) is 2.57. The summed E-state index contributed by atoms with van der Waals surface area (Å²) in [5, 5.41) is 3.38. The summed E-state index contributed by atoms with van der Waals surface area (Å²) in [6.45, 7) is 9.34. The Morgan fingerprint density at radius 3 is 2.67 bits per heavy atom. The number of piperazine rings is 1. The Hall–Kier alpha value is -1.42. The molecule has 1 fully saturated rings. The first-order chi connectivity index (χ1) is 10.2. The number of nitrogens with one attached hydrogen (secondary N) is 1. The van der Waals surface area contributed by atoms with Gasteiger partial charge in [0.2, 0.25) is 0 Å². The lowest BCUT2D eigenvalue weighted by molar-refractivity contribution is 0.297. The van der Waals surface area contributed by atoms with Gasteiger partial charge in [-0.25, -0.2) is 0 Å². The molecule has 0 bridgehead atoms. The molecule has 0 amide bonds. The molecule has 118 valence electrons. The topological polar surface area (TPSA) is 33.7 Å². The zero-order chi connectivity index (χ0) is 15.1. The number of hydrogen-bond donors (Lipinski definition) is 1. The van der Waals surface area contributed by atoms with Crippen molar-refractivity contribution in [2.75, 3.05) is 44.8 Å². The monoisotopic (exact) mass is 292 g/mol. The van der Waals surface area contributed by atoms with Crippen molar-refractivity contribution in [3.05, 3.63) is 18.2 Å². The Labute approximate surface area is 128 Å². The number of anilines is 1. The predicted octanol–water partition coefficient (Wildman–Crippen LogP) is 2.92. The summed E-state index contributed by atoms with van der Waals surface area (Å²) < 4.78 is 11.4. The average molecular weight is 292 g/mol. The van der Waals surface area contributed by atoms with Crippen LogP contribution in [0, 0.1) is 5.92 Å². The van der Waals surface area contributed by atoms with E-state index in [4.69, 9.17) is 9.47 Å². The molecule has 0 radical (unpaired) electrons. The molecular formula is C17H28N2O2. The molecule has 0 saturated carbocycles. The van der Waals surface area contributed by atoms with Crippen LogP contribution in [-0.2, 0) is 0 Å². The summed E-state index contributed by atoms with van der Waals surface area (Å²) in [5.74, 6) is 2.59. The molecule has 1 aliphatic rings. The number of rotatable bonds is 7. The van der Waals surface area contributed by atoms with Gasteiger partial charge in [-0.15, -0.1) is 0 Å². The summed E-state index contributed by atoms with van der Waals surface area (Å²) in [6, 6.07) is 6.10. The molecule has 0 aromatic heterocycles. The van der Waals surface area contributed by atoms with Gasteiger partial charge in [0.1, 0.15) is 11.5 Å². The van der Waals surface area contributed by atoms with E-state index in [-0.39, 0.29) is 0 Å². The highest BCUT2D eigenvalue weighted by Gasteiger charge is 2.16. The maximum Gasteiger partial charge on any atom is 0.142 e. The van der Waals surface area contributed by atoms with E-state index >= 15 is 0 Å². The zero-order valence-corrected chi connectivity index (χ0v) is 13.5. The maximum absolute atomic E-state index is 6.02. The van der Waals surface area contributed by atoms with Crippen molar-refractivity contribution in [3.63, 3.8) is 0 Å². The summed E-state index contributed by atoms with van der Waals surface area (Å²) in [5.41, 5.74) is 1.15. The van der Waals surface area contributed by atoms with Crippen LogP contribution >= 0.6 is 0 Å². The third-order valence-electron chi connectivity index (χ3n) is 3.81. The van der Waals surface area contributed by atoms with E-state index in [1.807, 2.05) is 12.1 Å². The normalized spacial score (nSPS) is 15.3. The number of methoxy groups -OCH3 is 1. The molecule has 0 atom stereocenters. The van der Waals surface area contributed by atoms with E-state index in [1.165, 1.54) is 6.42 Å². The van der Waals surface area contributed by atoms with Crippen molar-refractivity contribution >= 4 is 5.69 Å². The van der Waals surface area contributed by atoms with Gasteiger partial charge in [-0.2, -0.15) is 0 Å². The summed E-state index contributed by atoms with van der Waals surface area (Å²) in [6.07, 6.45) is 2.31. The third-order valence-corrected chi connectivity index (χ3v) is 3.81. The van der Waals surface area contributed by atoms with Crippen LogP contribution in [-0.4, -0.2) is 39.9 Å². The van der Waals surface area contributed by atoms with Crippen LogP contribution in [0.1, 0.15) is 26.7 Å². The van der Waals surface area contributed by atoms with Crippen molar-refractivity contribution in [1.82, 2.24) is 5.32 Å². The van der Waals surface area contributed by atoms with Crippen molar-refractivity contribution in [2.24, 2.45) is 5.92 Å². The second-order valence-electron chi connectivity index (χ2n) is 5.96. The summed E-state index contributed by atoms with van der Waals surface area (Å²) >= 11 is 0. The van der Waals surface area contributed by atoms with Crippen LogP contribution in [0.3, 0.4) is 0 Å². The lowest BCUT2D eigenvalue weighted by atomic mass is 10.1. The number of benzene rings is 1. The molecule has 0 aliphatic carbocycles. The fraction of sp³-hybridized carbons (Fsp3) is 0.647. The first-order valence-corrected chi connectivity index (χ1v) is 7.97. The molecule has 1 heterocycles. The van der Waals surface area contributed by atoms with E-state index in [9.17, 15) is 0 Å². The van der Waals surface area contributed by atoms with Crippen molar-refractivity contribution in [3.8, 4) is 11.5 Å². The molecular weight excluding hydrogens is 264 g/mol. The minimum absolute atomic E-state index is 0.733. The molecule has 0 unspecified atom stereocenters. The second kappa shape index (κ2) is 8.13. The highest BCUT2D eigenvalue weighted by molar-refractivity contribution is 5.62. The smallest absolute Gasteiger partial charge is 0.142 e. The molecule has 4 heteroatoms. The Kier molecular flexibility index (Phi) is 6.18. The molecule has 0 spiro atoms. The van der Waals surface area contributed by atoms with Gasteiger partial charge in [0.05, 0.1) is 19.4 Å². The first kappa shape index (κ1) is 16.0. The molecule has 1 N–H and O–H groups in total. The van der Waals surface area contributed by atoms with Gasteiger partial charge in [-0.05, 0) is 30.9 Å². The summed E-state index contributed by atoms with van der Waals surface area (Å²) in [4.78, 5) is 2.37. The van der Waals surface area contributed by atoms with Crippen molar-refractivity contribution in [1.29, 1.82) is 0 Å². The molecule has 1 aromatic rings. The van der Waals surface area contributed by atoms with Gasteiger partial charge in [-0.1, -0.05) is 13.8 Å². The van der Waals surface area contributed by atoms with Crippen molar-refractivity contribution in [2.45, 2.75) is 26.7 Å². The summed E-state index contributed by atoms with van der Waals surface area (Å²) in [7, 11) is 1.71. The Morgan fingerprint density at radius 1 is 1.24 bits per heavy atom. The van der Waals surface area contributed by atoms with E-state index in [0.29, 0.717) is 0 Å². The van der Waals surface area contributed by atoms with Gasteiger partial charge in [0.25, 0.3) is 0 Å². The van der Waals surface area contributed by atoms with Crippen LogP contribution < -0.4 is 19.7 Å². The maximum atomic E-state index is 6.02. The van der Waals surface area contributed by atoms with Gasteiger partial charge in [0, 0.05) is 32.2 Å². The average Bonchev–Trinajstić information content (AvgIpc) is 2.52.